The van der Waals surface area contributed by atoms with Crippen LogP contribution in [0.4, 0.5) is 0 Å². The maximum atomic E-state index is 10.9. The highest BCUT2D eigenvalue weighted by Gasteiger charge is 2.28. The first kappa shape index (κ1) is 14.5. The summed E-state index contributed by atoms with van der Waals surface area (Å²) >= 11 is 3.61. The Morgan fingerprint density at radius 2 is 2.32 bits per heavy atom. The lowest BCUT2D eigenvalue weighted by molar-refractivity contribution is -0.138. The first-order chi connectivity index (χ1) is 9.02. The van der Waals surface area contributed by atoms with E-state index in [4.69, 9.17) is 5.11 Å². The number of carboxylic acids is 1. The molecule has 1 N–H and O–H groups in total. The average Bonchev–Trinajstić information content (AvgIpc) is 2.88. The third-order valence-corrected chi connectivity index (χ3v) is 4.68. The van der Waals surface area contributed by atoms with Gasteiger partial charge >= 0.3 is 5.97 Å². The van der Waals surface area contributed by atoms with Crippen LogP contribution in [0.1, 0.15) is 37.6 Å². The molecule has 0 aliphatic carbocycles. The van der Waals surface area contributed by atoms with E-state index in [1.165, 1.54) is 0 Å². The minimum absolute atomic E-state index is 0.157. The number of hydrogen-bond donors (Lipinski definition) is 1. The third-order valence-electron chi connectivity index (χ3n) is 3.77. The van der Waals surface area contributed by atoms with E-state index in [0.717, 1.165) is 48.2 Å². The molecule has 6 heteroatoms. The second kappa shape index (κ2) is 6.05. The van der Waals surface area contributed by atoms with Crippen molar-refractivity contribution in [2.24, 2.45) is 7.05 Å². The molecular weight excluding hydrogens is 310 g/mol. The molecule has 1 aliphatic heterocycles. The molecule has 0 saturated carbocycles. The molecule has 1 aromatic rings. The smallest absolute Gasteiger partial charge is 0.304 e. The summed E-state index contributed by atoms with van der Waals surface area (Å²) in [5, 5.41) is 13.4. The van der Waals surface area contributed by atoms with Gasteiger partial charge in [0.1, 0.15) is 0 Å². The fourth-order valence-electron chi connectivity index (χ4n) is 2.72. The number of carbonyl (C=O) groups is 1. The number of aromatic nitrogens is 2. The van der Waals surface area contributed by atoms with Crippen LogP contribution in [0.3, 0.4) is 0 Å². The number of hydrogen-bond acceptors (Lipinski definition) is 3. The highest BCUT2D eigenvalue weighted by molar-refractivity contribution is 9.10. The van der Waals surface area contributed by atoms with E-state index in [9.17, 15) is 4.79 Å². The van der Waals surface area contributed by atoms with Gasteiger partial charge in [-0.15, -0.1) is 0 Å². The number of halogens is 1. The first-order valence-electron chi connectivity index (χ1n) is 6.69. The normalized spacial score (nSPS) is 20.1. The van der Waals surface area contributed by atoms with Gasteiger partial charge < -0.3 is 5.11 Å². The van der Waals surface area contributed by atoms with Gasteiger partial charge in [-0.1, -0.05) is 6.92 Å². The van der Waals surface area contributed by atoms with E-state index in [2.05, 4.69) is 32.9 Å². The van der Waals surface area contributed by atoms with Crippen LogP contribution in [0.2, 0.25) is 0 Å². The minimum atomic E-state index is -0.713. The molecule has 1 unspecified atom stereocenters. The molecule has 0 radical (unpaired) electrons. The summed E-state index contributed by atoms with van der Waals surface area (Å²) in [5.74, 6) is -0.713. The Kier molecular flexibility index (Phi) is 4.62. The van der Waals surface area contributed by atoms with Crippen molar-refractivity contribution in [3.8, 4) is 0 Å². The second-order valence-electron chi connectivity index (χ2n) is 5.05. The Bertz CT molecular complexity index is 473. The topological polar surface area (TPSA) is 58.4 Å². The molecular formula is C13H20BrN3O2. The predicted octanol–water partition coefficient (Wildman–Crippen LogP) is 2.18. The summed E-state index contributed by atoms with van der Waals surface area (Å²) in [7, 11) is 1.95. The van der Waals surface area contributed by atoms with Gasteiger partial charge in [0.15, 0.2) is 0 Å². The molecule has 106 valence electrons. The summed E-state index contributed by atoms with van der Waals surface area (Å²) in [5.41, 5.74) is 2.20. The van der Waals surface area contributed by atoms with Crippen LogP contribution in [0, 0.1) is 0 Å². The van der Waals surface area contributed by atoms with Crippen molar-refractivity contribution < 1.29 is 9.90 Å². The molecule has 0 spiro atoms. The Labute approximate surface area is 121 Å². The number of aliphatic carboxylic acids is 1. The van der Waals surface area contributed by atoms with Crippen LogP contribution in [0.15, 0.2) is 4.47 Å². The fourth-order valence-corrected chi connectivity index (χ4v) is 3.46. The van der Waals surface area contributed by atoms with Crippen molar-refractivity contribution in [3.63, 3.8) is 0 Å². The number of rotatable bonds is 5. The summed E-state index contributed by atoms with van der Waals surface area (Å²) in [6.07, 6.45) is 3.18. The average molecular weight is 330 g/mol. The van der Waals surface area contributed by atoms with Crippen LogP contribution in [-0.2, 0) is 24.8 Å². The van der Waals surface area contributed by atoms with Gasteiger partial charge in [-0.3, -0.25) is 14.4 Å². The molecule has 0 amide bonds. The number of aryl methyl sites for hydroxylation is 2. The standard InChI is InChI=1S/C13H20BrN3O2/c1-3-10-13(14)11(16(2)15-10)8-17-6-4-5-9(17)7-12(18)19/h9H,3-8H2,1-2H3,(H,18,19). The SMILES string of the molecule is CCc1nn(C)c(CN2CCCC2CC(=O)O)c1Br. The molecule has 0 bridgehead atoms. The fraction of sp³-hybridized carbons (Fsp3) is 0.692. The summed E-state index contributed by atoms with van der Waals surface area (Å²) < 4.78 is 2.97. The van der Waals surface area contributed by atoms with Crippen molar-refractivity contribution in [2.75, 3.05) is 6.54 Å². The lowest BCUT2D eigenvalue weighted by Gasteiger charge is -2.23. The van der Waals surface area contributed by atoms with E-state index >= 15 is 0 Å². The predicted molar refractivity (Wildman–Crippen MR) is 76.0 cm³/mol. The summed E-state index contributed by atoms with van der Waals surface area (Å²) in [4.78, 5) is 13.1. The lowest BCUT2D eigenvalue weighted by Crippen LogP contribution is -2.31. The van der Waals surface area contributed by atoms with E-state index in [0.29, 0.717) is 0 Å². The van der Waals surface area contributed by atoms with Crippen molar-refractivity contribution in [3.05, 3.63) is 15.9 Å². The van der Waals surface area contributed by atoms with Gasteiger partial charge in [-0.05, 0) is 41.7 Å². The van der Waals surface area contributed by atoms with Crippen LogP contribution in [-0.4, -0.2) is 38.3 Å². The molecule has 1 fully saturated rings. The highest BCUT2D eigenvalue weighted by atomic mass is 79.9. The molecule has 1 atom stereocenters. The highest BCUT2D eigenvalue weighted by Crippen LogP contribution is 2.27. The Morgan fingerprint density at radius 1 is 1.58 bits per heavy atom. The molecule has 1 saturated heterocycles. The van der Waals surface area contributed by atoms with Crippen molar-refractivity contribution in [1.29, 1.82) is 0 Å². The Balaban J connectivity index is 2.12. The minimum Gasteiger partial charge on any atom is -0.481 e. The molecule has 2 heterocycles. The molecule has 1 aliphatic rings. The number of likely N-dealkylation sites (tertiary alicyclic amines) is 1. The second-order valence-corrected chi connectivity index (χ2v) is 5.84. The largest absolute Gasteiger partial charge is 0.481 e. The number of nitrogens with zero attached hydrogens (tertiary/aromatic N) is 3. The van der Waals surface area contributed by atoms with E-state index in [-0.39, 0.29) is 12.5 Å². The van der Waals surface area contributed by atoms with Gasteiger partial charge in [0.2, 0.25) is 0 Å². The molecule has 19 heavy (non-hydrogen) atoms. The molecule has 2 rings (SSSR count). The van der Waals surface area contributed by atoms with Gasteiger partial charge in [0.25, 0.3) is 0 Å². The van der Waals surface area contributed by atoms with Crippen LogP contribution in [0.5, 0.6) is 0 Å². The molecule has 1 aromatic heterocycles. The maximum Gasteiger partial charge on any atom is 0.304 e. The van der Waals surface area contributed by atoms with Crippen molar-refractivity contribution in [1.82, 2.24) is 14.7 Å². The van der Waals surface area contributed by atoms with Crippen molar-refractivity contribution in [2.45, 2.75) is 45.2 Å². The van der Waals surface area contributed by atoms with E-state index in [1.54, 1.807) is 0 Å². The Hall–Kier alpha value is -0.880. The molecule has 5 nitrogen and oxygen atoms in total. The first-order valence-corrected chi connectivity index (χ1v) is 7.48. The third kappa shape index (κ3) is 3.17. The van der Waals surface area contributed by atoms with Crippen LogP contribution < -0.4 is 0 Å². The lowest BCUT2D eigenvalue weighted by atomic mass is 10.1. The van der Waals surface area contributed by atoms with Crippen molar-refractivity contribution >= 4 is 21.9 Å². The van der Waals surface area contributed by atoms with Crippen LogP contribution >= 0.6 is 15.9 Å². The summed E-state index contributed by atoms with van der Waals surface area (Å²) in [6.45, 7) is 3.82. The monoisotopic (exact) mass is 329 g/mol. The van der Waals surface area contributed by atoms with Crippen LogP contribution in [0.25, 0.3) is 0 Å². The van der Waals surface area contributed by atoms with Gasteiger partial charge in [-0.25, -0.2) is 0 Å². The van der Waals surface area contributed by atoms with Gasteiger partial charge in [0, 0.05) is 19.6 Å². The Morgan fingerprint density at radius 3 is 2.89 bits per heavy atom. The zero-order chi connectivity index (χ0) is 14.0. The summed E-state index contributed by atoms with van der Waals surface area (Å²) in [6, 6.07) is 0.157. The maximum absolute atomic E-state index is 10.9. The molecule has 0 aromatic carbocycles. The van der Waals surface area contributed by atoms with Gasteiger partial charge in [-0.2, -0.15) is 5.10 Å². The quantitative estimate of drug-likeness (QED) is 0.899. The zero-order valence-corrected chi connectivity index (χ0v) is 13.0. The van der Waals surface area contributed by atoms with E-state index in [1.807, 2.05) is 11.7 Å². The van der Waals surface area contributed by atoms with Gasteiger partial charge in [0.05, 0.1) is 22.3 Å². The zero-order valence-electron chi connectivity index (χ0n) is 11.4. The number of carboxylic acid groups (broad SMARTS) is 1. The van der Waals surface area contributed by atoms with E-state index < -0.39 is 5.97 Å².